The molecule has 0 amide bonds. The summed E-state index contributed by atoms with van der Waals surface area (Å²) in [7, 11) is 0. The Balaban J connectivity index is 1.80. The number of hydrogen-bond acceptors (Lipinski definition) is 3. The molecule has 0 fully saturated rings. The maximum absolute atomic E-state index is 11.6. The standard InChI is InChI=1S/C17H16ClNO2/c1-13-9-15(12-19-11-13)5-6-17(20)21-8-7-14-3-2-4-16(18)10-14/h2-6,9-12H,7-8H2,1H3/b6-5+. The predicted molar refractivity (Wildman–Crippen MR) is 84.1 cm³/mol. The van der Waals surface area contributed by atoms with E-state index in [9.17, 15) is 4.79 Å². The van der Waals surface area contributed by atoms with Crippen LogP contribution in [-0.2, 0) is 16.0 Å². The third-order valence-corrected chi connectivity index (χ3v) is 3.07. The molecular weight excluding hydrogens is 286 g/mol. The average molecular weight is 302 g/mol. The Morgan fingerprint density at radius 1 is 1.33 bits per heavy atom. The summed E-state index contributed by atoms with van der Waals surface area (Å²) in [4.78, 5) is 15.7. The maximum Gasteiger partial charge on any atom is 0.330 e. The summed E-state index contributed by atoms with van der Waals surface area (Å²) < 4.78 is 5.15. The summed E-state index contributed by atoms with van der Waals surface area (Å²) in [5.41, 5.74) is 2.97. The van der Waals surface area contributed by atoms with E-state index in [1.165, 1.54) is 6.08 Å². The van der Waals surface area contributed by atoms with Crippen molar-refractivity contribution in [1.29, 1.82) is 0 Å². The highest BCUT2D eigenvalue weighted by Gasteiger charge is 1.99. The second-order valence-corrected chi connectivity index (χ2v) is 5.11. The molecule has 1 aromatic heterocycles. The Hall–Kier alpha value is -2.13. The average Bonchev–Trinajstić information content (AvgIpc) is 2.45. The molecule has 4 heteroatoms. The van der Waals surface area contributed by atoms with Crippen molar-refractivity contribution in [2.45, 2.75) is 13.3 Å². The molecular formula is C17H16ClNO2. The molecule has 3 nitrogen and oxygen atoms in total. The van der Waals surface area contributed by atoms with Crippen LogP contribution in [0.25, 0.3) is 6.08 Å². The number of rotatable bonds is 5. The quantitative estimate of drug-likeness (QED) is 0.622. The summed E-state index contributed by atoms with van der Waals surface area (Å²) >= 11 is 5.89. The van der Waals surface area contributed by atoms with Crippen LogP contribution in [0.3, 0.4) is 0 Å². The summed E-state index contributed by atoms with van der Waals surface area (Å²) in [5, 5.41) is 0.686. The number of nitrogens with zero attached hydrogens (tertiary/aromatic N) is 1. The van der Waals surface area contributed by atoms with E-state index in [1.807, 2.05) is 37.3 Å². The van der Waals surface area contributed by atoms with E-state index in [0.29, 0.717) is 18.1 Å². The van der Waals surface area contributed by atoms with Gasteiger partial charge < -0.3 is 4.74 Å². The molecule has 0 atom stereocenters. The second-order valence-electron chi connectivity index (χ2n) is 4.68. The van der Waals surface area contributed by atoms with E-state index in [4.69, 9.17) is 16.3 Å². The van der Waals surface area contributed by atoms with E-state index in [0.717, 1.165) is 16.7 Å². The molecule has 21 heavy (non-hydrogen) atoms. The second kappa shape index (κ2) is 7.60. The van der Waals surface area contributed by atoms with Gasteiger partial charge in [-0.2, -0.15) is 0 Å². The third kappa shape index (κ3) is 5.40. The van der Waals surface area contributed by atoms with E-state index in [2.05, 4.69) is 4.98 Å². The van der Waals surface area contributed by atoms with Crippen LogP contribution in [0.2, 0.25) is 5.02 Å². The van der Waals surface area contributed by atoms with Crippen molar-refractivity contribution in [2.24, 2.45) is 0 Å². The largest absolute Gasteiger partial charge is 0.462 e. The molecule has 2 aromatic rings. The van der Waals surface area contributed by atoms with Crippen LogP contribution in [-0.4, -0.2) is 17.6 Å². The minimum absolute atomic E-state index is 0.329. The van der Waals surface area contributed by atoms with Gasteiger partial charge in [-0.3, -0.25) is 4.98 Å². The highest BCUT2D eigenvalue weighted by molar-refractivity contribution is 6.30. The zero-order valence-electron chi connectivity index (χ0n) is 11.8. The van der Waals surface area contributed by atoms with E-state index < -0.39 is 0 Å². The van der Waals surface area contributed by atoms with Crippen molar-refractivity contribution in [3.8, 4) is 0 Å². The Labute approximate surface area is 129 Å². The van der Waals surface area contributed by atoms with Crippen molar-refractivity contribution in [3.63, 3.8) is 0 Å². The molecule has 0 spiro atoms. The topological polar surface area (TPSA) is 39.2 Å². The molecule has 0 saturated heterocycles. The van der Waals surface area contributed by atoms with E-state index in [1.54, 1.807) is 18.5 Å². The Kier molecular flexibility index (Phi) is 5.52. The monoisotopic (exact) mass is 301 g/mol. The Bertz CT molecular complexity index is 653. The summed E-state index contributed by atoms with van der Waals surface area (Å²) in [6, 6.07) is 9.46. The van der Waals surface area contributed by atoms with Crippen molar-refractivity contribution in [1.82, 2.24) is 4.98 Å². The van der Waals surface area contributed by atoms with E-state index >= 15 is 0 Å². The van der Waals surface area contributed by atoms with Crippen molar-refractivity contribution < 1.29 is 9.53 Å². The van der Waals surface area contributed by atoms with Gasteiger partial charge in [0.25, 0.3) is 0 Å². The predicted octanol–water partition coefficient (Wildman–Crippen LogP) is 3.84. The first kappa shape index (κ1) is 15.3. The molecule has 2 rings (SSSR count). The van der Waals surface area contributed by atoms with Gasteiger partial charge in [0.2, 0.25) is 0 Å². The third-order valence-electron chi connectivity index (χ3n) is 2.83. The zero-order chi connectivity index (χ0) is 15.1. The highest BCUT2D eigenvalue weighted by atomic mass is 35.5. The first-order valence-corrected chi connectivity index (χ1v) is 7.02. The lowest BCUT2D eigenvalue weighted by atomic mass is 10.2. The van der Waals surface area contributed by atoms with Crippen LogP contribution in [0.15, 0.2) is 48.8 Å². The number of hydrogen-bond donors (Lipinski definition) is 0. The molecule has 0 unspecified atom stereocenters. The van der Waals surface area contributed by atoms with Crippen LogP contribution in [0.1, 0.15) is 16.7 Å². The number of halogens is 1. The SMILES string of the molecule is Cc1cncc(/C=C/C(=O)OCCc2cccc(Cl)c2)c1. The molecule has 1 heterocycles. The lowest BCUT2D eigenvalue weighted by Crippen LogP contribution is -2.04. The molecule has 0 saturated carbocycles. The summed E-state index contributed by atoms with van der Waals surface area (Å²) in [5.74, 6) is -0.362. The molecule has 1 aromatic carbocycles. The minimum Gasteiger partial charge on any atom is -0.462 e. The maximum atomic E-state index is 11.6. The van der Waals surface area contributed by atoms with Gasteiger partial charge in [0.15, 0.2) is 0 Å². The fourth-order valence-corrected chi connectivity index (χ4v) is 2.06. The Morgan fingerprint density at radius 2 is 2.19 bits per heavy atom. The molecule has 0 N–H and O–H groups in total. The van der Waals surface area contributed by atoms with Crippen molar-refractivity contribution in [2.75, 3.05) is 6.61 Å². The fraction of sp³-hybridized carbons (Fsp3) is 0.176. The summed E-state index contributed by atoms with van der Waals surface area (Å²) in [6.07, 6.45) is 7.21. The van der Waals surface area contributed by atoms with Crippen LogP contribution >= 0.6 is 11.6 Å². The van der Waals surface area contributed by atoms with Gasteiger partial charge in [-0.1, -0.05) is 23.7 Å². The molecule has 0 bridgehead atoms. The normalized spacial score (nSPS) is 10.8. The van der Waals surface area contributed by atoms with Crippen LogP contribution in [0.5, 0.6) is 0 Å². The minimum atomic E-state index is -0.362. The number of aromatic nitrogens is 1. The van der Waals surface area contributed by atoms with Gasteiger partial charge in [0.05, 0.1) is 6.61 Å². The van der Waals surface area contributed by atoms with Gasteiger partial charge in [-0.15, -0.1) is 0 Å². The molecule has 0 aliphatic heterocycles. The van der Waals surface area contributed by atoms with Crippen LogP contribution < -0.4 is 0 Å². The number of carbonyl (C=O) groups excluding carboxylic acids is 1. The number of esters is 1. The van der Waals surface area contributed by atoms with Gasteiger partial charge in [-0.25, -0.2) is 4.79 Å². The van der Waals surface area contributed by atoms with Crippen LogP contribution in [0.4, 0.5) is 0 Å². The first-order chi connectivity index (χ1) is 10.1. The lowest BCUT2D eigenvalue weighted by Gasteiger charge is -2.03. The molecule has 0 aliphatic carbocycles. The fourth-order valence-electron chi connectivity index (χ4n) is 1.84. The number of benzene rings is 1. The van der Waals surface area contributed by atoms with Crippen LogP contribution in [0, 0.1) is 6.92 Å². The van der Waals surface area contributed by atoms with Gasteiger partial charge >= 0.3 is 5.97 Å². The lowest BCUT2D eigenvalue weighted by molar-refractivity contribution is -0.137. The van der Waals surface area contributed by atoms with Gasteiger partial charge in [-0.05, 0) is 47.9 Å². The number of pyridine rings is 1. The van der Waals surface area contributed by atoms with Crippen molar-refractivity contribution in [3.05, 3.63) is 70.5 Å². The van der Waals surface area contributed by atoms with E-state index in [-0.39, 0.29) is 5.97 Å². The number of ether oxygens (including phenoxy) is 1. The Morgan fingerprint density at radius 3 is 2.95 bits per heavy atom. The summed E-state index contributed by atoms with van der Waals surface area (Å²) in [6.45, 7) is 2.28. The molecule has 108 valence electrons. The molecule has 0 radical (unpaired) electrons. The molecule has 0 aliphatic rings. The zero-order valence-corrected chi connectivity index (χ0v) is 12.5. The van der Waals surface area contributed by atoms with Gasteiger partial charge in [0, 0.05) is 29.9 Å². The number of aryl methyl sites for hydroxylation is 1. The number of carbonyl (C=O) groups is 1. The highest BCUT2D eigenvalue weighted by Crippen LogP contribution is 2.11. The first-order valence-electron chi connectivity index (χ1n) is 6.64. The smallest absolute Gasteiger partial charge is 0.330 e. The van der Waals surface area contributed by atoms with Crippen molar-refractivity contribution >= 4 is 23.6 Å². The van der Waals surface area contributed by atoms with Gasteiger partial charge in [0.1, 0.15) is 0 Å².